The molecule has 130 valence electrons. The number of halogens is 1. The number of rotatable bonds is 4. The van der Waals surface area contributed by atoms with Gasteiger partial charge in [-0.2, -0.15) is 10.2 Å². The van der Waals surface area contributed by atoms with E-state index >= 15 is 0 Å². The Morgan fingerprint density at radius 2 is 2.12 bits per heavy atom. The molecule has 4 rings (SSSR count). The van der Waals surface area contributed by atoms with Crippen LogP contribution in [0.5, 0.6) is 0 Å². The molecule has 1 aromatic carbocycles. The van der Waals surface area contributed by atoms with Crippen molar-refractivity contribution in [2.45, 2.75) is 26.2 Å². The van der Waals surface area contributed by atoms with Gasteiger partial charge >= 0.3 is 0 Å². The Hall–Kier alpha value is -2.22. The van der Waals surface area contributed by atoms with E-state index in [1.165, 1.54) is 4.68 Å². The lowest BCUT2D eigenvalue weighted by Crippen LogP contribution is -2.27. The highest BCUT2D eigenvalue weighted by molar-refractivity contribution is 6.30. The second-order valence-electron chi connectivity index (χ2n) is 5.87. The molecule has 0 spiro atoms. The SMILES string of the molecule is Cc1nn(CCC2OCCO2)c(=O)c2c1cnn2-c1cccc(Cl)c1. The first kappa shape index (κ1) is 16.3. The standard InChI is InChI=1S/C17H17ClN4O3/c1-11-14-10-19-22(13-4-2-3-12(18)9-13)16(14)17(23)21(20-11)6-5-15-24-7-8-25-15/h2-4,9-10,15H,5-8H2,1H3. The van der Waals surface area contributed by atoms with Crippen LogP contribution >= 0.6 is 11.6 Å². The number of aryl methyl sites for hydroxylation is 2. The fraction of sp³-hybridized carbons (Fsp3) is 0.353. The molecule has 1 aliphatic rings. The summed E-state index contributed by atoms with van der Waals surface area (Å²) in [6, 6.07) is 7.24. The van der Waals surface area contributed by atoms with Crippen LogP contribution in [0.4, 0.5) is 0 Å². The average Bonchev–Trinajstić information content (AvgIpc) is 3.26. The molecule has 8 heteroatoms. The van der Waals surface area contributed by atoms with Crippen LogP contribution in [-0.4, -0.2) is 39.1 Å². The number of hydrogen-bond acceptors (Lipinski definition) is 5. The quantitative estimate of drug-likeness (QED) is 0.714. The minimum atomic E-state index is -0.275. The van der Waals surface area contributed by atoms with Crippen LogP contribution in [0.2, 0.25) is 5.02 Å². The van der Waals surface area contributed by atoms with E-state index in [1.54, 1.807) is 23.0 Å². The Morgan fingerprint density at radius 3 is 2.88 bits per heavy atom. The van der Waals surface area contributed by atoms with Gasteiger partial charge < -0.3 is 9.47 Å². The van der Waals surface area contributed by atoms with Crippen molar-refractivity contribution in [3.8, 4) is 5.69 Å². The van der Waals surface area contributed by atoms with Gasteiger partial charge in [0.05, 0.1) is 30.8 Å². The zero-order chi connectivity index (χ0) is 17.4. The minimum Gasteiger partial charge on any atom is -0.350 e. The van der Waals surface area contributed by atoms with Crippen LogP contribution < -0.4 is 5.56 Å². The van der Waals surface area contributed by atoms with Gasteiger partial charge in [-0.1, -0.05) is 17.7 Å². The van der Waals surface area contributed by atoms with Gasteiger partial charge in [0.15, 0.2) is 6.29 Å². The first-order valence-corrected chi connectivity index (χ1v) is 8.46. The van der Waals surface area contributed by atoms with E-state index in [1.807, 2.05) is 19.1 Å². The second kappa shape index (κ2) is 6.59. The third kappa shape index (κ3) is 3.06. The van der Waals surface area contributed by atoms with Crippen molar-refractivity contribution < 1.29 is 9.47 Å². The maximum atomic E-state index is 13.0. The summed E-state index contributed by atoms with van der Waals surface area (Å²) in [5, 5.41) is 10.1. The lowest BCUT2D eigenvalue weighted by atomic mass is 10.2. The molecule has 0 radical (unpaired) electrons. The van der Waals surface area contributed by atoms with E-state index in [2.05, 4.69) is 10.2 Å². The summed E-state index contributed by atoms with van der Waals surface area (Å²) in [4.78, 5) is 13.0. The third-order valence-electron chi connectivity index (χ3n) is 4.19. The van der Waals surface area contributed by atoms with E-state index in [0.717, 1.165) is 16.8 Å². The van der Waals surface area contributed by atoms with Crippen molar-refractivity contribution >= 4 is 22.5 Å². The summed E-state index contributed by atoms with van der Waals surface area (Å²) < 4.78 is 13.9. The number of fused-ring (bicyclic) bond motifs is 1. The maximum absolute atomic E-state index is 13.0. The zero-order valence-corrected chi connectivity index (χ0v) is 14.4. The first-order chi connectivity index (χ1) is 12.1. The molecule has 0 N–H and O–H groups in total. The number of nitrogens with zero attached hydrogens (tertiary/aromatic N) is 4. The molecule has 1 aliphatic heterocycles. The third-order valence-corrected chi connectivity index (χ3v) is 4.42. The Labute approximate surface area is 148 Å². The van der Waals surface area contributed by atoms with E-state index < -0.39 is 0 Å². The predicted molar refractivity (Wildman–Crippen MR) is 93.2 cm³/mol. The van der Waals surface area contributed by atoms with Crippen LogP contribution in [0.3, 0.4) is 0 Å². The largest absolute Gasteiger partial charge is 0.350 e. The van der Waals surface area contributed by atoms with Crippen LogP contribution in [0, 0.1) is 6.92 Å². The van der Waals surface area contributed by atoms with E-state index in [4.69, 9.17) is 21.1 Å². The lowest BCUT2D eigenvalue weighted by molar-refractivity contribution is -0.0497. The highest BCUT2D eigenvalue weighted by Gasteiger charge is 2.19. The molecule has 1 saturated heterocycles. The number of hydrogen-bond donors (Lipinski definition) is 0. The fourth-order valence-electron chi connectivity index (χ4n) is 2.98. The topological polar surface area (TPSA) is 71.2 Å². The van der Waals surface area contributed by atoms with Crippen molar-refractivity contribution in [2.24, 2.45) is 0 Å². The van der Waals surface area contributed by atoms with Crippen molar-refractivity contribution in [3.63, 3.8) is 0 Å². The van der Waals surface area contributed by atoms with Crippen LogP contribution in [-0.2, 0) is 16.0 Å². The Morgan fingerprint density at radius 1 is 1.32 bits per heavy atom. The average molecular weight is 361 g/mol. The molecule has 7 nitrogen and oxygen atoms in total. The second-order valence-corrected chi connectivity index (χ2v) is 6.31. The van der Waals surface area contributed by atoms with Gasteiger partial charge in [0.2, 0.25) is 0 Å². The smallest absolute Gasteiger partial charge is 0.293 e. The molecule has 0 amide bonds. The van der Waals surface area contributed by atoms with Crippen LogP contribution in [0.25, 0.3) is 16.6 Å². The molecular formula is C17H17ClN4O3. The first-order valence-electron chi connectivity index (χ1n) is 8.08. The molecule has 3 aromatic rings. The summed E-state index contributed by atoms with van der Waals surface area (Å²) in [5.41, 5.74) is 1.77. The molecule has 0 atom stereocenters. The van der Waals surface area contributed by atoms with Gasteiger partial charge in [-0.05, 0) is 25.1 Å². The van der Waals surface area contributed by atoms with Gasteiger partial charge in [0.25, 0.3) is 5.56 Å². The van der Waals surface area contributed by atoms with Gasteiger partial charge in [-0.25, -0.2) is 9.36 Å². The highest BCUT2D eigenvalue weighted by atomic mass is 35.5. The highest BCUT2D eigenvalue weighted by Crippen LogP contribution is 2.20. The molecule has 0 aliphatic carbocycles. The maximum Gasteiger partial charge on any atom is 0.293 e. The van der Waals surface area contributed by atoms with Gasteiger partial charge in [0.1, 0.15) is 5.52 Å². The Balaban J connectivity index is 1.77. The summed E-state index contributed by atoms with van der Waals surface area (Å²) in [6.07, 6.45) is 1.96. The van der Waals surface area contributed by atoms with Gasteiger partial charge in [0, 0.05) is 23.4 Å². The summed E-state index contributed by atoms with van der Waals surface area (Å²) in [7, 11) is 0. The van der Waals surface area contributed by atoms with Gasteiger partial charge in [-0.3, -0.25) is 4.79 Å². The normalized spacial score (nSPS) is 15.3. The molecule has 0 unspecified atom stereocenters. The van der Waals surface area contributed by atoms with Crippen molar-refractivity contribution in [1.82, 2.24) is 19.6 Å². The molecule has 0 saturated carbocycles. The molecular weight excluding hydrogens is 344 g/mol. The molecule has 2 aromatic heterocycles. The predicted octanol–water partition coefficient (Wildman–Crippen LogP) is 2.31. The Bertz CT molecular complexity index is 976. The number of benzene rings is 1. The van der Waals surface area contributed by atoms with E-state index in [9.17, 15) is 4.79 Å². The number of aromatic nitrogens is 4. The van der Waals surface area contributed by atoms with Crippen LogP contribution in [0.15, 0.2) is 35.3 Å². The van der Waals surface area contributed by atoms with Crippen molar-refractivity contribution in [3.05, 3.63) is 51.5 Å². The molecule has 25 heavy (non-hydrogen) atoms. The number of ether oxygens (including phenoxy) is 2. The summed E-state index contributed by atoms with van der Waals surface area (Å²) in [5.74, 6) is 0. The monoisotopic (exact) mass is 360 g/mol. The van der Waals surface area contributed by atoms with Crippen LogP contribution in [0.1, 0.15) is 12.1 Å². The van der Waals surface area contributed by atoms with Crippen molar-refractivity contribution in [2.75, 3.05) is 13.2 Å². The molecule has 1 fully saturated rings. The van der Waals surface area contributed by atoms with E-state index in [0.29, 0.717) is 36.7 Å². The summed E-state index contributed by atoms with van der Waals surface area (Å²) in [6.45, 7) is 3.46. The molecule has 0 bridgehead atoms. The molecule has 3 heterocycles. The zero-order valence-electron chi connectivity index (χ0n) is 13.7. The summed E-state index contributed by atoms with van der Waals surface area (Å²) >= 11 is 6.07. The van der Waals surface area contributed by atoms with Crippen molar-refractivity contribution in [1.29, 1.82) is 0 Å². The minimum absolute atomic E-state index is 0.198. The fourth-order valence-corrected chi connectivity index (χ4v) is 3.16. The van der Waals surface area contributed by atoms with Gasteiger partial charge in [-0.15, -0.1) is 0 Å². The lowest BCUT2D eigenvalue weighted by Gasteiger charge is -2.11. The van der Waals surface area contributed by atoms with E-state index in [-0.39, 0.29) is 11.8 Å². The Kier molecular flexibility index (Phi) is 4.29.